The second kappa shape index (κ2) is 4.64. The maximum Gasteiger partial charge on any atom is 0.0917 e. The molecule has 1 atom stereocenters. The van der Waals surface area contributed by atoms with E-state index in [9.17, 15) is 0 Å². The molecule has 1 fully saturated rings. The molecule has 1 unspecified atom stereocenters. The van der Waals surface area contributed by atoms with Crippen molar-refractivity contribution in [2.75, 3.05) is 31.6 Å². The van der Waals surface area contributed by atoms with Crippen LogP contribution in [0.5, 0.6) is 0 Å². The van der Waals surface area contributed by atoms with Gasteiger partial charge in [0.15, 0.2) is 0 Å². The van der Waals surface area contributed by atoms with Gasteiger partial charge in [0.25, 0.3) is 0 Å². The normalized spacial score (nSPS) is 21.4. The Kier molecular flexibility index (Phi) is 3.47. The van der Waals surface area contributed by atoms with E-state index in [1.165, 1.54) is 34.8 Å². The smallest absolute Gasteiger partial charge is 0.0917 e. The predicted octanol–water partition coefficient (Wildman–Crippen LogP) is 2.56. The zero-order chi connectivity index (χ0) is 9.97. The second-order valence-electron chi connectivity index (χ2n) is 3.82. The maximum absolute atomic E-state index is 3.49. The highest BCUT2D eigenvalue weighted by Gasteiger charge is 2.16. The molecule has 0 aliphatic carbocycles. The number of thiophene rings is 1. The van der Waals surface area contributed by atoms with Gasteiger partial charge in [-0.2, -0.15) is 0 Å². The van der Waals surface area contributed by atoms with Gasteiger partial charge in [0, 0.05) is 13.6 Å². The van der Waals surface area contributed by atoms with Gasteiger partial charge in [-0.25, -0.2) is 0 Å². The van der Waals surface area contributed by atoms with Crippen LogP contribution in [0, 0.1) is 5.92 Å². The molecule has 1 aromatic rings. The fourth-order valence-electron chi connectivity index (χ4n) is 1.86. The summed E-state index contributed by atoms with van der Waals surface area (Å²) in [6.07, 6.45) is 1.32. The molecule has 1 aromatic heterocycles. The van der Waals surface area contributed by atoms with Crippen molar-refractivity contribution in [3.8, 4) is 0 Å². The Labute approximate surface area is 97.4 Å². The van der Waals surface area contributed by atoms with Crippen molar-refractivity contribution >= 4 is 32.3 Å². The lowest BCUT2D eigenvalue weighted by atomic mass is 10.1. The fourth-order valence-corrected chi connectivity index (χ4v) is 3.19. The van der Waals surface area contributed by atoms with E-state index in [-0.39, 0.29) is 0 Å². The molecule has 2 nitrogen and oxygen atoms in total. The summed E-state index contributed by atoms with van der Waals surface area (Å²) in [7, 11) is 2.18. The van der Waals surface area contributed by atoms with Crippen LogP contribution in [0.2, 0.25) is 0 Å². The molecule has 14 heavy (non-hydrogen) atoms. The Hall–Kier alpha value is -0.0600. The summed E-state index contributed by atoms with van der Waals surface area (Å²) in [6.45, 7) is 3.53. The summed E-state index contributed by atoms with van der Waals surface area (Å²) in [5.74, 6) is 0.820. The van der Waals surface area contributed by atoms with Crippen molar-refractivity contribution in [2.45, 2.75) is 6.42 Å². The van der Waals surface area contributed by atoms with E-state index >= 15 is 0 Å². The van der Waals surface area contributed by atoms with Crippen molar-refractivity contribution in [2.24, 2.45) is 5.92 Å². The lowest BCUT2D eigenvalue weighted by molar-refractivity contribution is 0.580. The average molecular weight is 275 g/mol. The second-order valence-corrected chi connectivity index (χ2v) is 6.26. The first-order valence-electron chi connectivity index (χ1n) is 4.93. The Balaban J connectivity index is 1.91. The third-order valence-corrected chi connectivity index (χ3v) is 4.37. The van der Waals surface area contributed by atoms with Crippen molar-refractivity contribution in [3.63, 3.8) is 0 Å². The van der Waals surface area contributed by atoms with Gasteiger partial charge < -0.3 is 10.2 Å². The van der Waals surface area contributed by atoms with Crippen LogP contribution in [-0.4, -0.2) is 26.7 Å². The zero-order valence-corrected chi connectivity index (χ0v) is 10.7. The standard InChI is InChI=1S/C10H15BrN2S/c1-13(7-8-4-5-12-6-8)10-3-2-9(11)14-10/h2-3,8,12H,4-7H2,1H3. The molecule has 2 rings (SSSR count). The third kappa shape index (κ3) is 2.49. The first-order valence-corrected chi connectivity index (χ1v) is 6.54. The van der Waals surface area contributed by atoms with Gasteiger partial charge in [-0.15, -0.1) is 11.3 Å². The molecule has 2 heterocycles. The Morgan fingerprint density at radius 1 is 1.64 bits per heavy atom. The molecule has 4 heteroatoms. The molecule has 0 aromatic carbocycles. The van der Waals surface area contributed by atoms with Crippen molar-refractivity contribution in [1.82, 2.24) is 5.32 Å². The van der Waals surface area contributed by atoms with E-state index < -0.39 is 0 Å². The SMILES string of the molecule is CN(CC1CCNC1)c1ccc(Br)s1. The Morgan fingerprint density at radius 3 is 3.07 bits per heavy atom. The highest BCUT2D eigenvalue weighted by Crippen LogP contribution is 2.29. The van der Waals surface area contributed by atoms with E-state index in [4.69, 9.17) is 0 Å². The largest absolute Gasteiger partial charge is 0.366 e. The molecule has 1 aliphatic rings. The summed E-state index contributed by atoms with van der Waals surface area (Å²) in [4.78, 5) is 2.35. The van der Waals surface area contributed by atoms with E-state index in [0.29, 0.717) is 0 Å². The van der Waals surface area contributed by atoms with E-state index in [2.05, 4.69) is 45.3 Å². The molecule has 0 saturated carbocycles. The molecular formula is C10H15BrN2S. The number of hydrogen-bond donors (Lipinski definition) is 1. The molecule has 1 N–H and O–H groups in total. The van der Waals surface area contributed by atoms with Crippen LogP contribution in [0.25, 0.3) is 0 Å². The van der Waals surface area contributed by atoms with E-state index in [0.717, 1.165) is 5.92 Å². The van der Waals surface area contributed by atoms with Crippen molar-refractivity contribution < 1.29 is 0 Å². The molecule has 0 radical (unpaired) electrons. The van der Waals surface area contributed by atoms with Gasteiger partial charge in [0.1, 0.15) is 0 Å². The lowest BCUT2D eigenvalue weighted by Gasteiger charge is -2.20. The minimum absolute atomic E-state index is 0.820. The van der Waals surface area contributed by atoms with Crippen LogP contribution >= 0.6 is 27.3 Å². The van der Waals surface area contributed by atoms with Crippen LogP contribution in [0.4, 0.5) is 5.00 Å². The summed E-state index contributed by atoms with van der Waals surface area (Å²) >= 11 is 5.29. The van der Waals surface area contributed by atoms with Crippen LogP contribution in [0.15, 0.2) is 15.9 Å². The zero-order valence-electron chi connectivity index (χ0n) is 8.29. The molecule has 78 valence electrons. The number of hydrogen-bond acceptors (Lipinski definition) is 3. The number of nitrogens with one attached hydrogen (secondary N) is 1. The topological polar surface area (TPSA) is 15.3 Å². The van der Waals surface area contributed by atoms with Gasteiger partial charge in [-0.3, -0.25) is 0 Å². The van der Waals surface area contributed by atoms with Gasteiger partial charge in [-0.1, -0.05) is 0 Å². The minimum Gasteiger partial charge on any atom is -0.366 e. The lowest BCUT2D eigenvalue weighted by Crippen LogP contribution is -2.25. The Bertz CT molecular complexity index is 294. The van der Waals surface area contributed by atoms with Crippen LogP contribution < -0.4 is 10.2 Å². The van der Waals surface area contributed by atoms with Gasteiger partial charge in [0.05, 0.1) is 8.79 Å². The number of rotatable bonds is 3. The maximum atomic E-state index is 3.49. The van der Waals surface area contributed by atoms with Gasteiger partial charge >= 0.3 is 0 Å². The monoisotopic (exact) mass is 274 g/mol. The number of halogens is 1. The summed E-state index contributed by atoms with van der Waals surface area (Å²) in [5, 5.41) is 4.75. The minimum atomic E-state index is 0.820. The number of nitrogens with zero attached hydrogens (tertiary/aromatic N) is 1. The van der Waals surface area contributed by atoms with E-state index in [1.807, 2.05) is 0 Å². The number of anilines is 1. The molecule has 1 aliphatic heterocycles. The third-order valence-electron chi connectivity index (χ3n) is 2.63. The summed E-state index contributed by atoms with van der Waals surface area (Å²) < 4.78 is 1.21. The van der Waals surface area contributed by atoms with E-state index in [1.54, 1.807) is 11.3 Å². The van der Waals surface area contributed by atoms with Gasteiger partial charge in [-0.05, 0) is 53.5 Å². The first-order chi connectivity index (χ1) is 6.75. The first kappa shape index (κ1) is 10.5. The molecule has 0 bridgehead atoms. The molecule has 1 saturated heterocycles. The average Bonchev–Trinajstić information content (AvgIpc) is 2.75. The molecule has 0 amide bonds. The Morgan fingerprint density at radius 2 is 2.50 bits per heavy atom. The highest BCUT2D eigenvalue weighted by atomic mass is 79.9. The van der Waals surface area contributed by atoms with Gasteiger partial charge in [0.2, 0.25) is 0 Å². The fraction of sp³-hybridized carbons (Fsp3) is 0.600. The quantitative estimate of drug-likeness (QED) is 0.912. The van der Waals surface area contributed by atoms with Crippen LogP contribution in [0.3, 0.4) is 0 Å². The van der Waals surface area contributed by atoms with Crippen LogP contribution in [-0.2, 0) is 0 Å². The summed E-state index contributed by atoms with van der Waals surface area (Å²) in [5.41, 5.74) is 0. The summed E-state index contributed by atoms with van der Waals surface area (Å²) in [6, 6.07) is 4.29. The van der Waals surface area contributed by atoms with Crippen LogP contribution in [0.1, 0.15) is 6.42 Å². The predicted molar refractivity (Wildman–Crippen MR) is 66.3 cm³/mol. The van der Waals surface area contributed by atoms with Crippen molar-refractivity contribution in [1.29, 1.82) is 0 Å². The highest BCUT2D eigenvalue weighted by molar-refractivity contribution is 9.11. The molecular weight excluding hydrogens is 260 g/mol. The molecule has 0 spiro atoms. The van der Waals surface area contributed by atoms with Crippen molar-refractivity contribution in [3.05, 3.63) is 15.9 Å².